The Morgan fingerprint density at radius 3 is 2.29 bits per heavy atom. The maximum atomic E-state index is 14.3. The fourth-order valence-corrected chi connectivity index (χ4v) is 10.5. The molecule has 1 atom stereocenters. The molecule has 6 heterocycles. The number of amides is 8. The number of rotatable bonds is 17. The summed E-state index contributed by atoms with van der Waals surface area (Å²) in [5, 5.41) is 11.3. The molecule has 1 saturated carbocycles. The van der Waals surface area contributed by atoms with Crippen LogP contribution in [-0.4, -0.2) is 120 Å². The van der Waals surface area contributed by atoms with E-state index in [-0.39, 0.29) is 92.7 Å². The highest BCUT2D eigenvalue weighted by atomic mass is 32.2. The first-order chi connectivity index (χ1) is 32.9. The van der Waals surface area contributed by atoms with Crippen LogP contribution in [0.1, 0.15) is 92.0 Å². The summed E-state index contributed by atoms with van der Waals surface area (Å²) >= 11 is 0. The Balaban J connectivity index is 0.940. The number of aromatic amines is 1. The zero-order chi connectivity index (χ0) is 48.9. The average Bonchev–Trinajstić information content (AvgIpc) is 3.87. The number of sulfone groups is 1. The van der Waals surface area contributed by atoms with Gasteiger partial charge in [-0.05, 0) is 72.9 Å². The molecule has 5 N–H and O–H groups in total. The zero-order valence-electron chi connectivity index (χ0n) is 38.1. The van der Waals surface area contributed by atoms with Crippen LogP contribution in [0.25, 0.3) is 22.0 Å². The number of nitrogens with zero attached hydrogens (tertiary/aromatic N) is 4. The van der Waals surface area contributed by atoms with Gasteiger partial charge in [0, 0.05) is 129 Å². The number of anilines is 1. The van der Waals surface area contributed by atoms with E-state index in [1.54, 1.807) is 37.5 Å². The lowest BCUT2D eigenvalue weighted by Gasteiger charge is -2.29. The molecule has 2 aromatic heterocycles. The molecule has 2 aromatic carbocycles. The molecule has 1 unspecified atom stereocenters. The lowest BCUT2D eigenvalue weighted by Crippen LogP contribution is -2.52. The van der Waals surface area contributed by atoms with Gasteiger partial charge in [0.05, 0.1) is 5.75 Å². The smallest absolute Gasteiger partial charge is 0.274 e. The van der Waals surface area contributed by atoms with Crippen molar-refractivity contribution in [2.45, 2.75) is 69.8 Å². The van der Waals surface area contributed by atoms with Gasteiger partial charge < -0.3 is 35.3 Å². The SMILES string of the molecule is Cn1cc2c3c(c(C(=O)NCCNC(=O)CCN4C(=O)C=CC4=O)[nH]c3c1=O)CN(CC1CC1)c1cc(C(=O)NCCCc3cccc4c3CN(C3CCC(=O)NC3=O)C4=O)c(CS(C)(=O)=O)cc1-2. The zero-order valence-corrected chi connectivity index (χ0v) is 38.9. The summed E-state index contributed by atoms with van der Waals surface area (Å²) in [4.78, 5) is 124. The van der Waals surface area contributed by atoms with Crippen LogP contribution in [0, 0.1) is 5.92 Å². The van der Waals surface area contributed by atoms with E-state index in [4.69, 9.17) is 0 Å². The van der Waals surface area contributed by atoms with Gasteiger partial charge >= 0.3 is 0 Å². The van der Waals surface area contributed by atoms with Crippen LogP contribution < -0.4 is 31.7 Å². The summed E-state index contributed by atoms with van der Waals surface area (Å²) in [6, 6.07) is 8.05. The molecule has 20 nitrogen and oxygen atoms in total. The molecule has 9 rings (SSSR count). The van der Waals surface area contributed by atoms with Crippen molar-refractivity contribution in [2.24, 2.45) is 13.0 Å². The Morgan fingerprint density at radius 1 is 0.826 bits per heavy atom. The highest BCUT2D eigenvalue weighted by molar-refractivity contribution is 7.89. The van der Waals surface area contributed by atoms with E-state index < -0.39 is 62.6 Å². The summed E-state index contributed by atoms with van der Waals surface area (Å²) < 4.78 is 27.4. The number of hydrogen-bond donors (Lipinski definition) is 5. The number of aryl methyl sites for hydroxylation is 2. The minimum absolute atomic E-state index is 0.0170. The maximum Gasteiger partial charge on any atom is 0.274 e. The van der Waals surface area contributed by atoms with Crippen LogP contribution in [-0.2, 0) is 66.1 Å². The number of piperidine rings is 1. The number of hydrogen-bond acceptors (Lipinski definition) is 12. The molecule has 1 aliphatic carbocycles. The number of nitrogens with one attached hydrogen (secondary N) is 5. The summed E-state index contributed by atoms with van der Waals surface area (Å²) in [7, 11) is -2.11. The molecule has 2 fully saturated rings. The minimum atomic E-state index is -3.68. The fourth-order valence-electron chi connectivity index (χ4n) is 9.70. The molecule has 5 aliphatic rings. The predicted molar refractivity (Wildman–Crippen MR) is 250 cm³/mol. The van der Waals surface area contributed by atoms with Crippen molar-refractivity contribution in [1.29, 1.82) is 0 Å². The van der Waals surface area contributed by atoms with Gasteiger partial charge in [-0.2, -0.15) is 0 Å². The van der Waals surface area contributed by atoms with E-state index >= 15 is 0 Å². The molecule has 4 aliphatic heterocycles. The van der Waals surface area contributed by atoms with Gasteiger partial charge in [0.2, 0.25) is 17.7 Å². The van der Waals surface area contributed by atoms with Gasteiger partial charge in [-0.25, -0.2) is 8.42 Å². The van der Waals surface area contributed by atoms with E-state index in [0.29, 0.717) is 58.6 Å². The van der Waals surface area contributed by atoms with Crippen molar-refractivity contribution < 1.29 is 46.8 Å². The van der Waals surface area contributed by atoms with E-state index in [0.717, 1.165) is 47.3 Å². The lowest BCUT2D eigenvalue weighted by atomic mass is 9.95. The molecule has 0 spiro atoms. The highest BCUT2D eigenvalue weighted by Crippen LogP contribution is 2.45. The van der Waals surface area contributed by atoms with Gasteiger partial charge in [0.1, 0.15) is 17.3 Å². The van der Waals surface area contributed by atoms with Crippen molar-refractivity contribution in [3.63, 3.8) is 0 Å². The summed E-state index contributed by atoms with van der Waals surface area (Å²) in [6.07, 6.45) is 8.19. The van der Waals surface area contributed by atoms with Gasteiger partial charge in [0.25, 0.3) is 35.1 Å². The third kappa shape index (κ3) is 9.54. The number of benzene rings is 2. The van der Waals surface area contributed by atoms with Gasteiger partial charge in [-0.1, -0.05) is 12.1 Å². The van der Waals surface area contributed by atoms with Crippen LogP contribution in [0.5, 0.6) is 0 Å². The van der Waals surface area contributed by atoms with Gasteiger partial charge in [0.15, 0.2) is 9.84 Å². The molecule has 0 radical (unpaired) electrons. The summed E-state index contributed by atoms with van der Waals surface area (Å²) in [5.74, 6) is -3.70. The monoisotopic (exact) mass is 961 g/mol. The Morgan fingerprint density at radius 2 is 1.57 bits per heavy atom. The first-order valence-electron chi connectivity index (χ1n) is 22.9. The first-order valence-corrected chi connectivity index (χ1v) is 25.0. The third-order valence-electron chi connectivity index (χ3n) is 13.3. The average molecular weight is 962 g/mol. The second kappa shape index (κ2) is 18.6. The maximum absolute atomic E-state index is 14.3. The molecule has 4 aromatic rings. The predicted octanol–water partition coefficient (Wildman–Crippen LogP) is 1.09. The van der Waals surface area contributed by atoms with E-state index in [9.17, 15) is 51.6 Å². The summed E-state index contributed by atoms with van der Waals surface area (Å²) in [6.45, 7) is 1.13. The Labute approximate surface area is 395 Å². The van der Waals surface area contributed by atoms with Crippen molar-refractivity contribution in [1.82, 2.24) is 40.6 Å². The molecule has 1 saturated heterocycles. The normalized spacial score (nSPS) is 17.6. The molecule has 360 valence electrons. The van der Waals surface area contributed by atoms with E-state index in [2.05, 4.69) is 31.2 Å². The molecule has 8 amide bonds. The van der Waals surface area contributed by atoms with Crippen LogP contribution in [0.4, 0.5) is 5.69 Å². The quantitative estimate of drug-likeness (QED) is 0.0736. The number of aromatic nitrogens is 2. The van der Waals surface area contributed by atoms with Gasteiger partial charge in [-0.3, -0.25) is 53.4 Å². The number of imide groups is 2. The Kier molecular flexibility index (Phi) is 12.6. The van der Waals surface area contributed by atoms with E-state index in [1.807, 2.05) is 6.07 Å². The molecule has 21 heteroatoms. The molecular formula is C48H51N9O11S. The van der Waals surface area contributed by atoms with Crippen LogP contribution in [0.3, 0.4) is 0 Å². The number of pyridine rings is 1. The topological polar surface area (TPSA) is 266 Å². The number of fused-ring (bicyclic) bond motifs is 3. The standard InChI is InChI=1S/C48H51N9O11S/c1-54-22-33-31-19-28(25-69(2,67)68)30(44(62)50-15-4-6-27-5-3-7-29-32(27)24-57(47(29)65)35-10-11-38(59)52-45(35)63)20-36(31)55(21-26-8-9-26)23-34-41(33)43(48(54)66)53-42(34)46(64)51-17-16-49-37(58)14-18-56-39(60)12-13-40(56)61/h3,5,7,12-13,19-20,22,26,35,53H,4,6,8-11,14-18,21,23-25H2,1-2H3,(H,49,58)(H,50,62)(H,51,64)(H,52,59,63). The molecular weight excluding hydrogens is 911 g/mol. The van der Waals surface area contributed by atoms with Crippen molar-refractivity contribution in [2.75, 3.05) is 43.9 Å². The number of carbonyl (C=O) groups excluding carboxylic acids is 8. The summed E-state index contributed by atoms with van der Waals surface area (Å²) in [5.41, 5.74) is 4.83. The second-order valence-electron chi connectivity index (χ2n) is 18.3. The van der Waals surface area contributed by atoms with Crippen molar-refractivity contribution >= 4 is 73.7 Å². The highest BCUT2D eigenvalue weighted by Gasteiger charge is 2.40. The van der Waals surface area contributed by atoms with Gasteiger partial charge in [-0.15, -0.1) is 0 Å². The molecule has 69 heavy (non-hydrogen) atoms. The number of H-pyrrole nitrogens is 1. The largest absolute Gasteiger partial charge is 0.366 e. The van der Waals surface area contributed by atoms with E-state index in [1.165, 1.54) is 9.47 Å². The van der Waals surface area contributed by atoms with Crippen LogP contribution in [0.15, 0.2) is 53.5 Å². The van der Waals surface area contributed by atoms with Crippen molar-refractivity contribution in [3.8, 4) is 11.1 Å². The Bertz CT molecular complexity index is 3100. The van der Waals surface area contributed by atoms with Crippen LogP contribution in [0.2, 0.25) is 0 Å². The lowest BCUT2D eigenvalue weighted by molar-refractivity contribution is -0.138. The first kappa shape index (κ1) is 46.7. The second-order valence-corrected chi connectivity index (χ2v) is 20.5. The fraction of sp³-hybridized carbons (Fsp3) is 0.396. The molecule has 0 bridgehead atoms. The van der Waals surface area contributed by atoms with Crippen LogP contribution >= 0.6 is 0 Å². The Hall–Kier alpha value is -7.42. The third-order valence-corrected chi connectivity index (χ3v) is 14.1. The minimum Gasteiger partial charge on any atom is -0.366 e. The number of carbonyl (C=O) groups is 8. The van der Waals surface area contributed by atoms with Crippen molar-refractivity contribution in [3.05, 3.63) is 98.1 Å².